The van der Waals surface area contributed by atoms with Crippen LogP contribution in [-0.2, 0) is 6.61 Å². The van der Waals surface area contributed by atoms with Gasteiger partial charge in [-0.05, 0) is 25.1 Å². The molecule has 21 heavy (non-hydrogen) atoms. The lowest BCUT2D eigenvalue weighted by molar-refractivity contribution is 0.265. The minimum absolute atomic E-state index is 0.295. The predicted molar refractivity (Wildman–Crippen MR) is 77.4 cm³/mol. The highest BCUT2D eigenvalue weighted by atomic mass is 16.5. The molecule has 0 radical (unpaired) electrons. The van der Waals surface area contributed by atoms with Crippen LogP contribution in [0.5, 0.6) is 17.4 Å². The summed E-state index contributed by atoms with van der Waals surface area (Å²) in [7, 11) is 1.57. The van der Waals surface area contributed by atoms with Crippen molar-refractivity contribution >= 4 is 0 Å². The molecule has 5 nitrogen and oxygen atoms in total. The SMILES string of the molecule is CCOc1cc(C#N)ccc1OCc1cccc(OC)n1. The lowest BCUT2D eigenvalue weighted by Gasteiger charge is -2.12. The fraction of sp³-hybridized carbons (Fsp3) is 0.250. The highest BCUT2D eigenvalue weighted by molar-refractivity contribution is 5.46. The second-order valence-electron chi connectivity index (χ2n) is 4.17. The van der Waals surface area contributed by atoms with Gasteiger partial charge in [0.1, 0.15) is 6.61 Å². The average Bonchev–Trinajstić information content (AvgIpc) is 2.54. The number of rotatable bonds is 6. The van der Waals surface area contributed by atoms with E-state index in [-0.39, 0.29) is 0 Å². The second kappa shape index (κ2) is 7.15. The molecule has 0 atom stereocenters. The van der Waals surface area contributed by atoms with Crippen molar-refractivity contribution in [2.24, 2.45) is 0 Å². The minimum Gasteiger partial charge on any atom is -0.490 e. The van der Waals surface area contributed by atoms with E-state index in [1.54, 1.807) is 31.4 Å². The van der Waals surface area contributed by atoms with E-state index < -0.39 is 0 Å². The summed E-state index contributed by atoms with van der Waals surface area (Å²) in [5.41, 5.74) is 1.28. The van der Waals surface area contributed by atoms with E-state index in [0.717, 1.165) is 5.69 Å². The highest BCUT2D eigenvalue weighted by Gasteiger charge is 2.07. The fourth-order valence-electron chi connectivity index (χ4n) is 1.77. The van der Waals surface area contributed by atoms with Crippen molar-refractivity contribution in [3.05, 3.63) is 47.7 Å². The number of pyridine rings is 1. The monoisotopic (exact) mass is 284 g/mol. The number of aromatic nitrogens is 1. The largest absolute Gasteiger partial charge is 0.490 e. The summed E-state index contributed by atoms with van der Waals surface area (Å²) in [5.74, 6) is 1.68. The molecule has 0 bridgehead atoms. The minimum atomic E-state index is 0.295. The molecule has 0 aliphatic heterocycles. The van der Waals surface area contributed by atoms with Gasteiger partial charge in [-0.1, -0.05) is 6.07 Å². The van der Waals surface area contributed by atoms with Gasteiger partial charge in [0.2, 0.25) is 5.88 Å². The number of nitriles is 1. The molecule has 0 spiro atoms. The molecule has 1 heterocycles. The van der Waals surface area contributed by atoms with Crippen molar-refractivity contribution in [2.45, 2.75) is 13.5 Å². The van der Waals surface area contributed by atoms with Crippen LogP contribution in [0.25, 0.3) is 0 Å². The smallest absolute Gasteiger partial charge is 0.213 e. The zero-order chi connectivity index (χ0) is 15.1. The molecule has 0 amide bonds. The third-order valence-electron chi connectivity index (χ3n) is 2.74. The van der Waals surface area contributed by atoms with Crippen LogP contribution in [0.2, 0.25) is 0 Å². The van der Waals surface area contributed by atoms with Crippen molar-refractivity contribution in [3.8, 4) is 23.4 Å². The average molecular weight is 284 g/mol. The van der Waals surface area contributed by atoms with E-state index >= 15 is 0 Å². The summed E-state index contributed by atoms with van der Waals surface area (Å²) in [6.07, 6.45) is 0. The summed E-state index contributed by atoms with van der Waals surface area (Å²) in [5, 5.41) is 8.92. The number of ether oxygens (including phenoxy) is 3. The number of nitrogens with zero attached hydrogens (tertiary/aromatic N) is 2. The summed E-state index contributed by atoms with van der Waals surface area (Å²) >= 11 is 0. The van der Waals surface area contributed by atoms with Crippen LogP contribution in [0, 0.1) is 11.3 Å². The van der Waals surface area contributed by atoms with Gasteiger partial charge in [0.25, 0.3) is 0 Å². The molecular weight excluding hydrogens is 268 g/mol. The van der Waals surface area contributed by atoms with E-state index in [1.807, 2.05) is 19.1 Å². The Morgan fingerprint density at radius 1 is 1.14 bits per heavy atom. The Labute approximate surface area is 123 Å². The Balaban J connectivity index is 2.13. The summed E-state index contributed by atoms with van der Waals surface area (Å²) in [6, 6.07) is 12.6. The zero-order valence-corrected chi connectivity index (χ0v) is 12.0. The van der Waals surface area contributed by atoms with Gasteiger partial charge in [0, 0.05) is 12.1 Å². The third kappa shape index (κ3) is 3.86. The van der Waals surface area contributed by atoms with E-state index in [1.165, 1.54) is 0 Å². The molecule has 5 heteroatoms. The fourth-order valence-corrected chi connectivity index (χ4v) is 1.77. The van der Waals surface area contributed by atoms with E-state index in [2.05, 4.69) is 11.1 Å². The molecule has 108 valence electrons. The molecule has 1 aromatic heterocycles. The van der Waals surface area contributed by atoms with Gasteiger partial charge < -0.3 is 14.2 Å². The summed E-state index contributed by atoms with van der Waals surface area (Å²) in [4.78, 5) is 4.28. The van der Waals surface area contributed by atoms with Crippen LogP contribution in [-0.4, -0.2) is 18.7 Å². The molecule has 1 aromatic carbocycles. The molecule has 0 N–H and O–H groups in total. The van der Waals surface area contributed by atoms with Crippen molar-refractivity contribution in [1.29, 1.82) is 5.26 Å². The third-order valence-corrected chi connectivity index (χ3v) is 2.74. The summed E-state index contributed by atoms with van der Waals surface area (Å²) < 4.78 is 16.3. The van der Waals surface area contributed by atoms with Crippen LogP contribution in [0.3, 0.4) is 0 Å². The first-order valence-corrected chi connectivity index (χ1v) is 6.56. The first-order valence-electron chi connectivity index (χ1n) is 6.56. The second-order valence-corrected chi connectivity index (χ2v) is 4.17. The van der Waals surface area contributed by atoms with Crippen molar-refractivity contribution in [2.75, 3.05) is 13.7 Å². The quantitative estimate of drug-likeness (QED) is 0.816. The van der Waals surface area contributed by atoms with Gasteiger partial charge >= 0.3 is 0 Å². The number of benzene rings is 1. The number of hydrogen-bond donors (Lipinski definition) is 0. The summed E-state index contributed by atoms with van der Waals surface area (Å²) in [6.45, 7) is 2.68. The normalized spacial score (nSPS) is 9.76. The molecule has 0 unspecified atom stereocenters. The Bertz CT molecular complexity index is 650. The van der Waals surface area contributed by atoms with Gasteiger partial charge in [-0.25, -0.2) is 4.98 Å². The van der Waals surface area contributed by atoms with Crippen LogP contribution in [0.4, 0.5) is 0 Å². The molecule has 0 saturated carbocycles. The molecule has 0 saturated heterocycles. The van der Waals surface area contributed by atoms with Gasteiger partial charge in [-0.3, -0.25) is 0 Å². The first kappa shape index (κ1) is 14.7. The van der Waals surface area contributed by atoms with Gasteiger partial charge in [0.05, 0.1) is 31.0 Å². The Morgan fingerprint density at radius 2 is 2.00 bits per heavy atom. The van der Waals surface area contributed by atoms with Gasteiger partial charge in [-0.15, -0.1) is 0 Å². The standard InChI is InChI=1S/C16H16N2O3/c1-3-20-15-9-12(10-17)7-8-14(15)21-11-13-5-4-6-16(18-13)19-2/h4-9H,3,11H2,1-2H3. The topological polar surface area (TPSA) is 64.4 Å². The maximum atomic E-state index is 8.92. The Hall–Kier alpha value is -2.74. The molecule has 2 aromatic rings. The maximum Gasteiger partial charge on any atom is 0.213 e. The van der Waals surface area contributed by atoms with Crippen molar-refractivity contribution in [1.82, 2.24) is 4.98 Å². The molecule has 0 aliphatic carbocycles. The van der Waals surface area contributed by atoms with Crippen LogP contribution < -0.4 is 14.2 Å². The molecule has 0 fully saturated rings. The lowest BCUT2D eigenvalue weighted by atomic mass is 10.2. The van der Waals surface area contributed by atoms with Gasteiger partial charge in [0.15, 0.2) is 11.5 Å². The number of hydrogen-bond acceptors (Lipinski definition) is 5. The van der Waals surface area contributed by atoms with Crippen LogP contribution in [0.1, 0.15) is 18.2 Å². The van der Waals surface area contributed by atoms with Crippen LogP contribution >= 0.6 is 0 Å². The molecule has 0 aliphatic rings. The van der Waals surface area contributed by atoms with E-state index in [9.17, 15) is 0 Å². The Morgan fingerprint density at radius 3 is 2.71 bits per heavy atom. The maximum absolute atomic E-state index is 8.92. The first-order chi connectivity index (χ1) is 10.3. The Kier molecular flexibility index (Phi) is 4.99. The highest BCUT2D eigenvalue weighted by Crippen LogP contribution is 2.29. The molecule has 2 rings (SSSR count). The van der Waals surface area contributed by atoms with E-state index in [0.29, 0.717) is 36.2 Å². The lowest BCUT2D eigenvalue weighted by Crippen LogP contribution is -2.02. The van der Waals surface area contributed by atoms with Crippen molar-refractivity contribution < 1.29 is 14.2 Å². The van der Waals surface area contributed by atoms with Gasteiger partial charge in [-0.2, -0.15) is 5.26 Å². The zero-order valence-electron chi connectivity index (χ0n) is 12.0. The number of methoxy groups -OCH3 is 1. The van der Waals surface area contributed by atoms with E-state index in [4.69, 9.17) is 19.5 Å². The van der Waals surface area contributed by atoms with Crippen LogP contribution in [0.15, 0.2) is 36.4 Å². The predicted octanol–water partition coefficient (Wildman–Crippen LogP) is 2.94. The molecular formula is C16H16N2O3. The van der Waals surface area contributed by atoms with Crippen molar-refractivity contribution in [3.63, 3.8) is 0 Å².